The Morgan fingerprint density at radius 3 is 2.61 bits per heavy atom. The van der Waals surface area contributed by atoms with Crippen molar-refractivity contribution in [3.05, 3.63) is 99.3 Å². The first-order valence-corrected chi connectivity index (χ1v) is 9.88. The number of ether oxygens (including phenoxy) is 1. The van der Waals surface area contributed by atoms with Gasteiger partial charge in [-0.1, -0.05) is 41.9 Å². The predicted molar refractivity (Wildman–Crippen MR) is 121 cm³/mol. The minimum atomic E-state index is -0.560. The van der Waals surface area contributed by atoms with Crippen LogP contribution in [-0.4, -0.2) is 13.0 Å². The highest BCUT2D eigenvalue weighted by Crippen LogP contribution is 2.25. The number of hydrogen-bond donors (Lipinski definition) is 1. The van der Waals surface area contributed by atoms with Crippen LogP contribution in [-0.2, 0) is 11.2 Å². The first-order valence-electron chi connectivity index (χ1n) is 9.51. The predicted octanol–water partition coefficient (Wildman–Crippen LogP) is 5.93. The maximum atomic E-state index is 14.2. The third-order valence-electron chi connectivity index (χ3n) is 4.78. The number of aryl methyl sites for hydroxylation is 1. The Morgan fingerprint density at radius 1 is 1.16 bits per heavy atom. The highest BCUT2D eigenvalue weighted by Gasteiger charge is 2.13. The van der Waals surface area contributed by atoms with Gasteiger partial charge in [0.25, 0.3) is 5.91 Å². The van der Waals surface area contributed by atoms with Gasteiger partial charge in [-0.2, -0.15) is 5.26 Å². The van der Waals surface area contributed by atoms with E-state index in [9.17, 15) is 14.4 Å². The number of halogens is 2. The molecule has 1 amide bonds. The van der Waals surface area contributed by atoms with Gasteiger partial charge >= 0.3 is 0 Å². The van der Waals surface area contributed by atoms with E-state index in [0.29, 0.717) is 27.6 Å². The van der Waals surface area contributed by atoms with Gasteiger partial charge < -0.3 is 10.1 Å². The Kier molecular flexibility index (Phi) is 7.07. The lowest BCUT2D eigenvalue weighted by atomic mass is 9.97. The monoisotopic (exact) mass is 434 g/mol. The molecule has 0 spiro atoms. The summed E-state index contributed by atoms with van der Waals surface area (Å²) in [5, 5.41) is 12.8. The first-order chi connectivity index (χ1) is 14.9. The van der Waals surface area contributed by atoms with Crippen molar-refractivity contribution in [2.24, 2.45) is 0 Å². The molecule has 4 nitrogen and oxygen atoms in total. The molecular formula is C25H20ClFN2O2. The lowest BCUT2D eigenvalue weighted by Crippen LogP contribution is -2.13. The van der Waals surface area contributed by atoms with Gasteiger partial charge in [0.05, 0.1) is 7.11 Å². The second-order valence-electron chi connectivity index (χ2n) is 6.92. The Bertz CT molecular complexity index is 1200. The number of methoxy groups -OCH3 is 1. The minimum absolute atomic E-state index is 0.0864. The van der Waals surface area contributed by atoms with Crippen molar-refractivity contribution in [1.29, 1.82) is 5.26 Å². The molecule has 0 atom stereocenters. The van der Waals surface area contributed by atoms with Crippen LogP contribution in [0.15, 0.2) is 66.2 Å². The smallest absolute Gasteiger partial charge is 0.266 e. The van der Waals surface area contributed by atoms with Crippen molar-refractivity contribution in [1.82, 2.24) is 0 Å². The second-order valence-corrected chi connectivity index (χ2v) is 7.33. The van der Waals surface area contributed by atoms with Crippen LogP contribution in [0.25, 0.3) is 6.08 Å². The third kappa shape index (κ3) is 5.50. The summed E-state index contributed by atoms with van der Waals surface area (Å²) in [6.45, 7) is 1.86. The Balaban J connectivity index is 1.93. The summed E-state index contributed by atoms with van der Waals surface area (Å²) in [6.07, 6.45) is 1.77. The fraction of sp³-hybridized carbons (Fsp3) is 0.120. The molecule has 156 valence electrons. The number of nitrogens with one attached hydrogen (secondary N) is 1. The van der Waals surface area contributed by atoms with Gasteiger partial charge in [0, 0.05) is 17.1 Å². The highest BCUT2D eigenvalue weighted by molar-refractivity contribution is 6.31. The summed E-state index contributed by atoms with van der Waals surface area (Å²) >= 11 is 6.11. The molecule has 0 heterocycles. The molecule has 0 aliphatic rings. The van der Waals surface area contributed by atoms with Gasteiger partial charge in [-0.05, 0) is 65.6 Å². The summed E-state index contributed by atoms with van der Waals surface area (Å²) in [6, 6.07) is 18.8. The number of nitriles is 1. The average molecular weight is 435 g/mol. The number of hydrogen-bond acceptors (Lipinski definition) is 3. The number of carbonyl (C=O) groups excluding carboxylic acids is 1. The van der Waals surface area contributed by atoms with E-state index >= 15 is 0 Å². The molecule has 0 saturated heterocycles. The molecule has 0 saturated carbocycles. The Hall–Kier alpha value is -3.62. The molecule has 31 heavy (non-hydrogen) atoms. The molecule has 0 aromatic heterocycles. The van der Waals surface area contributed by atoms with E-state index in [1.54, 1.807) is 61.7 Å². The molecule has 0 unspecified atom stereocenters. The van der Waals surface area contributed by atoms with E-state index < -0.39 is 5.91 Å². The maximum Gasteiger partial charge on any atom is 0.266 e. The van der Waals surface area contributed by atoms with Gasteiger partial charge in [0.1, 0.15) is 23.2 Å². The topological polar surface area (TPSA) is 62.1 Å². The number of amides is 1. The number of benzene rings is 3. The Labute approximate surface area is 185 Å². The molecule has 1 N–H and O–H groups in total. The van der Waals surface area contributed by atoms with Crippen LogP contribution in [0.5, 0.6) is 5.75 Å². The molecule has 0 bridgehead atoms. The largest absolute Gasteiger partial charge is 0.497 e. The van der Waals surface area contributed by atoms with Gasteiger partial charge in [0.15, 0.2) is 0 Å². The van der Waals surface area contributed by atoms with E-state index in [2.05, 4.69) is 5.32 Å². The fourth-order valence-corrected chi connectivity index (χ4v) is 3.20. The molecule has 6 heteroatoms. The molecule has 3 aromatic rings. The van der Waals surface area contributed by atoms with Crippen molar-refractivity contribution >= 4 is 29.3 Å². The highest BCUT2D eigenvalue weighted by atomic mass is 35.5. The quantitative estimate of drug-likeness (QED) is 0.386. The van der Waals surface area contributed by atoms with Gasteiger partial charge in [0.2, 0.25) is 0 Å². The van der Waals surface area contributed by atoms with E-state index in [1.807, 2.05) is 13.0 Å². The fourth-order valence-electron chi connectivity index (χ4n) is 3.02. The first kappa shape index (κ1) is 22.1. The summed E-state index contributed by atoms with van der Waals surface area (Å²) in [7, 11) is 1.54. The standard InChI is InChI=1S/C25H20ClFN2O2/c1-16-7-9-21(14-23(16)26)29-25(30)20(15-28)11-17-8-10-22(31-2)13-19(17)12-18-5-3-4-6-24(18)27/h3-11,13-14H,12H2,1-2H3,(H,29,30)/b20-11+. The van der Waals surface area contributed by atoms with Gasteiger partial charge in [-0.3, -0.25) is 4.79 Å². The van der Waals surface area contributed by atoms with Crippen LogP contribution in [0.4, 0.5) is 10.1 Å². The molecule has 3 aromatic carbocycles. The minimum Gasteiger partial charge on any atom is -0.497 e. The third-order valence-corrected chi connectivity index (χ3v) is 5.19. The number of anilines is 1. The normalized spacial score (nSPS) is 11.0. The zero-order valence-corrected chi connectivity index (χ0v) is 17.8. The van der Waals surface area contributed by atoms with Crippen molar-refractivity contribution in [3.63, 3.8) is 0 Å². The van der Waals surface area contributed by atoms with E-state index in [-0.39, 0.29) is 17.8 Å². The lowest BCUT2D eigenvalue weighted by molar-refractivity contribution is -0.112. The molecule has 0 aliphatic heterocycles. The van der Waals surface area contributed by atoms with Crippen molar-refractivity contribution in [3.8, 4) is 11.8 Å². The van der Waals surface area contributed by atoms with Crippen LogP contribution in [0, 0.1) is 24.1 Å². The zero-order valence-electron chi connectivity index (χ0n) is 17.1. The summed E-state index contributed by atoms with van der Waals surface area (Å²) in [5.74, 6) is -0.287. The van der Waals surface area contributed by atoms with Crippen molar-refractivity contribution < 1.29 is 13.9 Å². The molecule has 0 radical (unpaired) electrons. The average Bonchev–Trinajstić information content (AvgIpc) is 2.76. The van der Waals surface area contributed by atoms with E-state index in [4.69, 9.17) is 16.3 Å². The van der Waals surface area contributed by atoms with Crippen LogP contribution in [0.2, 0.25) is 5.02 Å². The lowest BCUT2D eigenvalue weighted by Gasteiger charge is -2.11. The van der Waals surface area contributed by atoms with Crippen LogP contribution >= 0.6 is 11.6 Å². The van der Waals surface area contributed by atoms with Crippen LogP contribution in [0.3, 0.4) is 0 Å². The Morgan fingerprint density at radius 2 is 1.94 bits per heavy atom. The zero-order chi connectivity index (χ0) is 22.4. The van der Waals surface area contributed by atoms with Gasteiger partial charge in [-0.15, -0.1) is 0 Å². The van der Waals surface area contributed by atoms with E-state index in [0.717, 1.165) is 11.1 Å². The summed E-state index contributed by atoms with van der Waals surface area (Å²) in [5.41, 5.74) is 3.13. The molecule has 0 fully saturated rings. The molecule has 3 rings (SSSR count). The van der Waals surface area contributed by atoms with Crippen molar-refractivity contribution in [2.45, 2.75) is 13.3 Å². The number of carbonyl (C=O) groups is 1. The van der Waals surface area contributed by atoms with Crippen LogP contribution < -0.4 is 10.1 Å². The van der Waals surface area contributed by atoms with Crippen LogP contribution in [0.1, 0.15) is 22.3 Å². The number of nitrogens with zero attached hydrogens (tertiary/aromatic N) is 1. The van der Waals surface area contributed by atoms with E-state index in [1.165, 1.54) is 12.1 Å². The summed E-state index contributed by atoms with van der Waals surface area (Å²) in [4.78, 5) is 12.7. The summed E-state index contributed by atoms with van der Waals surface area (Å²) < 4.78 is 19.5. The number of rotatable bonds is 6. The maximum absolute atomic E-state index is 14.2. The van der Waals surface area contributed by atoms with Gasteiger partial charge in [-0.25, -0.2) is 4.39 Å². The van der Waals surface area contributed by atoms with Crippen molar-refractivity contribution in [2.75, 3.05) is 12.4 Å². The molecular weight excluding hydrogens is 415 g/mol. The SMILES string of the molecule is COc1ccc(/C=C(\C#N)C(=O)Nc2ccc(C)c(Cl)c2)c(Cc2ccccc2F)c1. The second kappa shape index (κ2) is 9.92. The molecule has 0 aliphatic carbocycles.